The molecule has 4 rings (SSSR count). The number of aryl methyl sites for hydroxylation is 1. The molecule has 2 atom stereocenters. The van der Waals surface area contributed by atoms with Gasteiger partial charge in [0.25, 0.3) is 5.91 Å². The van der Waals surface area contributed by atoms with Crippen molar-refractivity contribution in [1.29, 1.82) is 0 Å². The summed E-state index contributed by atoms with van der Waals surface area (Å²) in [6, 6.07) is 11.4. The second-order valence-corrected chi connectivity index (χ2v) is 7.63. The molecule has 0 N–H and O–H groups in total. The number of benzene rings is 2. The zero-order valence-electron chi connectivity index (χ0n) is 16.8. The van der Waals surface area contributed by atoms with Gasteiger partial charge in [0.15, 0.2) is 11.6 Å². The average Bonchev–Trinajstić information content (AvgIpc) is 3.10. The standard InChI is InChI=1S/C23H26FNO4/c1-3-9-27-22-20-19(10-15(2)21(22)24)29-14-17-11-18(12-25(17)23(20)26)28-13-16-7-5-4-6-8-16/h4-8,10,17-18H,3,9,11-14H2,1-2H3/t17-,18+/m1/s1. The predicted molar refractivity (Wildman–Crippen MR) is 107 cm³/mol. The van der Waals surface area contributed by atoms with Gasteiger partial charge in [0.1, 0.15) is 17.9 Å². The van der Waals surface area contributed by atoms with E-state index in [4.69, 9.17) is 14.2 Å². The van der Waals surface area contributed by atoms with E-state index in [1.807, 2.05) is 37.3 Å². The highest BCUT2D eigenvalue weighted by Gasteiger charge is 2.41. The molecular weight excluding hydrogens is 373 g/mol. The quantitative estimate of drug-likeness (QED) is 0.733. The molecular formula is C23H26FNO4. The first kappa shape index (κ1) is 19.7. The number of amides is 1. The Morgan fingerprint density at radius 3 is 2.83 bits per heavy atom. The SMILES string of the molecule is CCCOc1c(F)c(C)cc2c1C(=O)N1C[C@@H](OCc3ccccc3)C[C@@H]1CO2. The lowest BCUT2D eigenvalue weighted by atomic mass is 10.1. The fraction of sp³-hybridized carbons (Fsp3) is 0.435. The van der Waals surface area contributed by atoms with Gasteiger partial charge in [-0.1, -0.05) is 37.3 Å². The van der Waals surface area contributed by atoms with Crippen LogP contribution < -0.4 is 9.47 Å². The van der Waals surface area contributed by atoms with Gasteiger partial charge < -0.3 is 19.1 Å². The van der Waals surface area contributed by atoms with E-state index in [2.05, 4.69) is 0 Å². The molecule has 0 bridgehead atoms. The second-order valence-electron chi connectivity index (χ2n) is 7.63. The van der Waals surface area contributed by atoms with Gasteiger partial charge in [0.2, 0.25) is 0 Å². The third-order valence-corrected chi connectivity index (χ3v) is 5.43. The van der Waals surface area contributed by atoms with Crippen molar-refractivity contribution < 1.29 is 23.4 Å². The van der Waals surface area contributed by atoms with Crippen LogP contribution in [0, 0.1) is 12.7 Å². The summed E-state index contributed by atoms with van der Waals surface area (Å²) in [7, 11) is 0. The van der Waals surface area contributed by atoms with E-state index in [0.717, 1.165) is 12.0 Å². The van der Waals surface area contributed by atoms with Crippen molar-refractivity contribution >= 4 is 5.91 Å². The van der Waals surface area contributed by atoms with Crippen LogP contribution in [0.15, 0.2) is 36.4 Å². The summed E-state index contributed by atoms with van der Waals surface area (Å²) in [5.74, 6) is -0.348. The van der Waals surface area contributed by atoms with E-state index in [1.165, 1.54) is 0 Å². The monoisotopic (exact) mass is 399 g/mol. The van der Waals surface area contributed by atoms with E-state index in [1.54, 1.807) is 17.9 Å². The van der Waals surface area contributed by atoms with Crippen LogP contribution in [0.1, 0.15) is 41.3 Å². The molecule has 2 aliphatic heterocycles. The lowest BCUT2D eigenvalue weighted by molar-refractivity contribution is 0.0436. The van der Waals surface area contributed by atoms with Crippen LogP contribution in [0.3, 0.4) is 0 Å². The Balaban J connectivity index is 1.54. The molecule has 6 heteroatoms. The van der Waals surface area contributed by atoms with Gasteiger partial charge in [-0.3, -0.25) is 4.79 Å². The first-order valence-corrected chi connectivity index (χ1v) is 10.1. The van der Waals surface area contributed by atoms with Crippen molar-refractivity contribution in [2.24, 2.45) is 0 Å². The van der Waals surface area contributed by atoms with Gasteiger partial charge in [-0.15, -0.1) is 0 Å². The topological polar surface area (TPSA) is 48.0 Å². The number of fused-ring (bicyclic) bond motifs is 2. The molecule has 2 heterocycles. The highest BCUT2D eigenvalue weighted by Crippen LogP contribution is 2.39. The third kappa shape index (κ3) is 3.94. The molecule has 154 valence electrons. The van der Waals surface area contributed by atoms with Crippen LogP contribution in [-0.2, 0) is 11.3 Å². The highest BCUT2D eigenvalue weighted by molar-refractivity contribution is 6.00. The van der Waals surface area contributed by atoms with Gasteiger partial charge in [0, 0.05) is 6.54 Å². The van der Waals surface area contributed by atoms with E-state index in [9.17, 15) is 9.18 Å². The Labute approximate surface area is 170 Å². The Morgan fingerprint density at radius 1 is 1.28 bits per heavy atom. The average molecular weight is 399 g/mol. The van der Waals surface area contributed by atoms with Crippen molar-refractivity contribution in [1.82, 2.24) is 4.90 Å². The van der Waals surface area contributed by atoms with Crippen molar-refractivity contribution in [3.05, 3.63) is 58.9 Å². The molecule has 0 spiro atoms. The zero-order chi connectivity index (χ0) is 20.4. The smallest absolute Gasteiger partial charge is 0.261 e. The first-order valence-electron chi connectivity index (χ1n) is 10.1. The molecule has 2 aromatic rings. The highest BCUT2D eigenvalue weighted by atomic mass is 19.1. The van der Waals surface area contributed by atoms with Gasteiger partial charge in [-0.2, -0.15) is 0 Å². The first-order chi connectivity index (χ1) is 14.1. The predicted octanol–water partition coefficient (Wildman–Crippen LogP) is 4.12. The summed E-state index contributed by atoms with van der Waals surface area (Å²) < 4.78 is 32.4. The van der Waals surface area contributed by atoms with Crippen LogP contribution in [0.5, 0.6) is 11.5 Å². The molecule has 29 heavy (non-hydrogen) atoms. The molecule has 0 radical (unpaired) electrons. The Morgan fingerprint density at radius 2 is 2.07 bits per heavy atom. The lowest BCUT2D eigenvalue weighted by Crippen LogP contribution is -2.37. The minimum absolute atomic E-state index is 0.00107. The van der Waals surface area contributed by atoms with E-state index in [-0.39, 0.29) is 29.4 Å². The van der Waals surface area contributed by atoms with Gasteiger partial charge >= 0.3 is 0 Å². The lowest BCUT2D eigenvalue weighted by Gasteiger charge is -2.21. The summed E-state index contributed by atoms with van der Waals surface area (Å²) in [5.41, 5.74) is 1.69. The minimum atomic E-state index is -0.497. The van der Waals surface area contributed by atoms with Crippen LogP contribution in [0.2, 0.25) is 0 Å². The molecule has 1 amide bonds. The number of ether oxygens (including phenoxy) is 3. The molecule has 1 saturated heterocycles. The molecule has 5 nitrogen and oxygen atoms in total. The van der Waals surface area contributed by atoms with E-state index >= 15 is 0 Å². The van der Waals surface area contributed by atoms with Crippen LogP contribution in [-0.4, -0.2) is 42.7 Å². The van der Waals surface area contributed by atoms with Crippen LogP contribution in [0.4, 0.5) is 4.39 Å². The third-order valence-electron chi connectivity index (χ3n) is 5.43. The Bertz CT molecular complexity index is 886. The molecule has 2 aliphatic rings. The fourth-order valence-electron chi connectivity index (χ4n) is 3.91. The maximum atomic E-state index is 14.8. The molecule has 1 fully saturated rings. The van der Waals surface area contributed by atoms with Gasteiger partial charge in [-0.05, 0) is 37.0 Å². The Kier molecular flexibility index (Phi) is 5.72. The fourth-order valence-corrected chi connectivity index (χ4v) is 3.91. The number of carbonyl (C=O) groups is 1. The van der Waals surface area contributed by atoms with Crippen molar-refractivity contribution in [3.8, 4) is 11.5 Å². The maximum absolute atomic E-state index is 14.8. The number of hydrogen-bond acceptors (Lipinski definition) is 4. The molecule has 0 aromatic heterocycles. The van der Waals surface area contributed by atoms with E-state index in [0.29, 0.717) is 44.1 Å². The summed E-state index contributed by atoms with van der Waals surface area (Å²) in [6.07, 6.45) is 1.34. The summed E-state index contributed by atoms with van der Waals surface area (Å²) in [5, 5.41) is 0. The molecule has 2 aromatic carbocycles. The van der Waals surface area contributed by atoms with Crippen molar-refractivity contribution in [2.45, 2.75) is 45.4 Å². The Hall–Kier alpha value is -2.60. The number of hydrogen-bond donors (Lipinski definition) is 0. The summed E-state index contributed by atoms with van der Waals surface area (Å²) in [6.45, 7) is 5.25. The van der Waals surface area contributed by atoms with E-state index < -0.39 is 5.82 Å². The molecule has 0 unspecified atom stereocenters. The zero-order valence-corrected chi connectivity index (χ0v) is 16.8. The van der Waals surface area contributed by atoms with Crippen molar-refractivity contribution in [3.63, 3.8) is 0 Å². The van der Waals surface area contributed by atoms with Crippen LogP contribution in [0.25, 0.3) is 0 Å². The largest absolute Gasteiger partial charge is 0.490 e. The minimum Gasteiger partial charge on any atom is -0.490 e. The van der Waals surface area contributed by atoms with Crippen LogP contribution >= 0.6 is 0 Å². The van der Waals surface area contributed by atoms with Gasteiger partial charge in [0.05, 0.1) is 25.4 Å². The second kappa shape index (κ2) is 8.41. The maximum Gasteiger partial charge on any atom is 0.261 e. The molecule has 0 saturated carbocycles. The summed E-state index contributed by atoms with van der Waals surface area (Å²) in [4.78, 5) is 15.1. The normalized spacial score (nSPS) is 20.7. The number of carbonyl (C=O) groups excluding carboxylic acids is 1. The number of nitrogens with zero attached hydrogens (tertiary/aromatic N) is 1. The number of rotatable bonds is 6. The van der Waals surface area contributed by atoms with Gasteiger partial charge in [-0.25, -0.2) is 4.39 Å². The van der Waals surface area contributed by atoms with Crippen molar-refractivity contribution in [2.75, 3.05) is 19.8 Å². The molecule has 0 aliphatic carbocycles. The summed E-state index contributed by atoms with van der Waals surface area (Å²) >= 11 is 0. The number of halogens is 1.